The van der Waals surface area contributed by atoms with Gasteiger partial charge in [0.25, 0.3) is 0 Å². The standard InChI is InChI=1S/C31H47NO6S/c1-19(13-15-25(36-7)23-14-16-26-24(17-23)32-22(4)39-26)11-10-12-20(2)29(38-9)21(3)30(35)31(5,6)27(37-8)18-28(33)34/h13-14,16-17,20-21,25,27,29H,10-12,15,18H2,1-9H3,(H,33,34)/b19-13-/t20?,21?,25-,27?,29?/m0/s1. The molecule has 1 aromatic heterocycles. The second kappa shape index (κ2) is 15.0. The first-order chi connectivity index (χ1) is 18.3. The van der Waals surface area contributed by atoms with E-state index in [4.69, 9.17) is 14.2 Å². The number of allylic oxidation sites excluding steroid dienone is 1. The number of hydrogen-bond acceptors (Lipinski definition) is 7. The number of carboxylic acid groups (broad SMARTS) is 1. The van der Waals surface area contributed by atoms with E-state index < -0.39 is 17.5 Å². The molecule has 1 aromatic carbocycles. The van der Waals surface area contributed by atoms with E-state index in [-0.39, 0.29) is 36.2 Å². The van der Waals surface area contributed by atoms with Crippen LogP contribution in [-0.4, -0.2) is 55.4 Å². The third-order valence-corrected chi connectivity index (χ3v) is 8.86. The molecule has 0 fully saturated rings. The summed E-state index contributed by atoms with van der Waals surface area (Å²) in [6.07, 6.45) is 4.71. The van der Waals surface area contributed by atoms with Gasteiger partial charge in [-0.3, -0.25) is 9.59 Å². The number of carbonyl (C=O) groups is 2. The van der Waals surface area contributed by atoms with E-state index in [0.29, 0.717) is 0 Å². The van der Waals surface area contributed by atoms with Gasteiger partial charge in [0.15, 0.2) is 0 Å². The van der Waals surface area contributed by atoms with Gasteiger partial charge in [0.2, 0.25) is 0 Å². The number of rotatable bonds is 17. The number of ketones is 1. The van der Waals surface area contributed by atoms with Crippen LogP contribution >= 0.6 is 11.3 Å². The molecule has 39 heavy (non-hydrogen) atoms. The molecule has 8 heteroatoms. The molecule has 2 rings (SSSR count). The molecule has 0 amide bonds. The highest BCUT2D eigenvalue weighted by Gasteiger charge is 2.43. The minimum atomic E-state index is -0.983. The molecule has 218 valence electrons. The van der Waals surface area contributed by atoms with Crippen molar-refractivity contribution >= 4 is 33.3 Å². The van der Waals surface area contributed by atoms with Crippen LogP contribution in [0.5, 0.6) is 0 Å². The summed E-state index contributed by atoms with van der Waals surface area (Å²) in [6, 6.07) is 6.38. The Hall–Kier alpha value is -2.13. The van der Waals surface area contributed by atoms with Crippen LogP contribution in [-0.2, 0) is 23.8 Å². The molecule has 1 N–H and O–H groups in total. The zero-order chi connectivity index (χ0) is 29.3. The number of nitrogens with zero attached hydrogens (tertiary/aromatic N) is 1. The van der Waals surface area contributed by atoms with Crippen LogP contribution in [0.4, 0.5) is 0 Å². The molecule has 0 saturated carbocycles. The topological polar surface area (TPSA) is 95.0 Å². The van der Waals surface area contributed by atoms with Crippen LogP contribution in [0, 0.1) is 24.2 Å². The van der Waals surface area contributed by atoms with Crippen molar-refractivity contribution in [3.05, 3.63) is 40.4 Å². The second-order valence-electron chi connectivity index (χ2n) is 11.2. The van der Waals surface area contributed by atoms with Crippen LogP contribution in [0.25, 0.3) is 10.2 Å². The van der Waals surface area contributed by atoms with Crippen molar-refractivity contribution in [3.63, 3.8) is 0 Å². The Morgan fingerprint density at radius 1 is 1.13 bits per heavy atom. The second-order valence-corrected chi connectivity index (χ2v) is 12.5. The number of thiazole rings is 1. The fourth-order valence-electron chi connectivity index (χ4n) is 5.52. The number of fused-ring (bicyclic) bond motifs is 1. The predicted molar refractivity (Wildman–Crippen MR) is 157 cm³/mol. The van der Waals surface area contributed by atoms with E-state index in [9.17, 15) is 14.7 Å². The first kappa shape index (κ1) is 33.1. The number of aliphatic carboxylic acids is 1. The number of benzene rings is 1. The summed E-state index contributed by atoms with van der Waals surface area (Å²) in [5.74, 6) is -1.24. The summed E-state index contributed by atoms with van der Waals surface area (Å²) in [6.45, 7) is 11.7. The number of carboxylic acids is 1. The quantitative estimate of drug-likeness (QED) is 0.205. The zero-order valence-electron chi connectivity index (χ0n) is 25.1. The van der Waals surface area contributed by atoms with Gasteiger partial charge in [-0.1, -0.05) is 45.4 Å². The number of methoxy groups -OCH3 is 3. The highest BCUT2D eigenvalue weighted by Crippen LogP contribution is 2.34. The van der Waals surface area contributed by atoms with Crippen LogP contribution in [0.15, 0.2) is 29.8 Å². The predicted octanol–water partition coefficient (Wildman–Crippen LogP) is 7.17. The Kier molecular flexibility index (Phi) is 12.7. The molecule has 7 nitrogen and oxygen atoms in total. The van der Waals surface area contributed by atoms with E-state index in [2.05, 4.69) is 43.1 Å². The smallest absolute Gasteiger partial charge is 0.306 e. The molecule has 0 aliphatic heterocycles. The fraction of sp³-hybridized carbons (Fsp3) is 0.645. The Balaban J connectivity index is 1.94. The maximum atomic E-state index is 13.4. The van der Waals surface area contributed by atoms with Gasteiger partial charge in [0, 0.05) is 27.2 Å². The number of hydrogen-bond donors (Lipinski definition) is 1. The summed E-state index contributed by atoms with van der Waals surface area (Å²) in [7, 11) is 4.84. The molecule has 4 unspecified atom stereocenters. The van der Waals surface area contributed by atoms with Gasteiger partial charge in [-0.05, 0) is 63.1 Å². The Morgan fingerprint density at radius 2 is 1.82 bits per heavy atom. The van der Waals surface area contributed by atoms with E-state index in [0.717, 1.165) is 41.8 Å². The van der Waals surface area contributed by atoms with Gasteiger partial charge in [-0.25, -0.2) is 4.98 Å². The van der Waals surface area contributed by atoms with Crippen molar-refractivity contribution in [2.45, 2.75) is 92.0 Å². The van der Waals surface area contributed by atoms with Gasteiger partial charge >= 0.3 is 5.97 Å². The number of aryl methyl sites for hydroxylation is 1. The number of Topliss-reactive ketones (excluding diaryl/α,β-unsaturated/α-hetero) is 1. The number of ether oxygens (including phenoxy) is 3. The SMILES string of the molecule is COC(C(C)CCC/C(C)=C\C[C@H](OC)c1ccc2sc(C)nc2c1)C(C)C(=O)C(C)(C)C(CC(=O)O)OC. The molecular formula is C31H47NO6S. The molecule has 0 saturated heterocycles. The first-order valence-electron chi connectivity index (χ1n) is 13.7. The van der Waals surface area contributed by atoms with E-state index in [1.165, 1.54) is 17.4 Å². The largest absolute Gasteiger partial charge is 0.481 e. The molecule has 1 heterocycles. The van der Waals surface area contributed by atoms with Crippen molar-refractivity contribution in [2.24, 2.45) is 17.3 Å². The molecule has 0 aliphatic carbocycles. The minimum Gasteiger partial charge on any atom is -0.481 e. The van der Waals surface area contributed by atoms with Gasteiger partial charge in [0.1, 0.15) is 5.78 Å². The molecule has 0 spiro atoms. The summed E-state index contributed by atoms with van der Waals surface area (Å²) in [5.41, 5.74) is 2.53. The van der Waals surface area contributed by atoms with Crippen molar-refractivity contribution in [2.75, 3.05) is 21.3 Å². The molecule has 0 bridgehead atoms. The Bertz CT molecular complexity index is 1120. The third kappa shape index (κ3) is 8.93. The summed E-state index contributed by atoms with van der Waals surface area (Å²) in [5, 5.41) is 10.3. The zero-order valence-corrected chi connectivity index (χ0v) is 25.9. The fourth-order valence-corrected chi connectivity index (χ4v) is 6.33. The van der Waals surface area contributed by atoms with Crippen molar-refractivity contribution in [1.82, 2.24) is 4.98 Å². The maximum Gasteiger partial charge on any atom is 0.306 e. The highest BCUT2D eigenvalue weighted by atomic mass is 32.1. The molecule has 0 radical (unpaired) electrons. The van der Waals surface area contributed by atoms with Crippen molar-refractivity contribution in [1.29, 1.82) is 0 Å². The minimum absolute atomic E-state index is 0.0181. The monoisotopic (exact) mass is 561 g/mol. The molecule has 0 aliphatic rings. The van der Waals surface area contributed by atoms with Crippen LogP contribution in [0.2, 0.25) is 0 Å². The Morgan fingerprint density at radius 3 is 2.41 bits per heavy atom. The summed E-state index contributed by atoms with van der Waals surface area (Å²) in [4.78, 5) is 29.3. The average molecular weight is 562 g/mol. The Labute approximate surface area is 238 Å². The lowest BCUT2D eigenvalue weighted by molar-refractivity contribution is -0.150. The lowest BCUT2D eigenvalue weighted by atomic mass is 9.72. The number of carbonyl (C=O) groups excluding carboxylic acids is 1. The van der Waals surface area contributed by atoms with Gasteiger partial charge in [0.05, 0.1) is 45.4 Å². The molecular weight excluding hydrogens is 514 g/mol. The summed E-state index contributed by atoms with van der Waals surface area (Å²) >= 11 is 1.70. The lowest BCUT2D eigenvalue weighted by Crippen LogP contribution is -2.46. The van der Waals surface area contributed by atoms with E-state index >= 15 is 0 Å². The summed E-state index contributed by atoms with van der Waals surface area (Å²) < 4.78 is 18.2. The van der Waals surface area contributed by atoms with E-state index in [1.807, 2.05) is 13.8 Å². The van der Waals surface area contributed by atoms with Gasteiger partial charge < -0.3 is 19.3 Å². The number of aromatic nitrogens is 1. The average Bonchev–Trinajstić information content (AvgIpc) is 3.26. The van der Waals surface area contributed by atoms with Crippen molar-refractivity contribution < 1.29 is 28.9 Å². The molecule has 2 aromatic rings. The van der Waals surface area contributed by atoms with Crippen molar-refractivity contribution in [3.8, 4) is 0 Å². The maximum absolute atomic E-state index is 13.4. The third-order valence-electron chi connectivity index (χ3n) is 7.91. The molecule has 5 atom stereocenters. The highest BCUT2D eigenvalue weighted by molar-refractivity contribution is 7.18. The normalized spacial score (nSPS) is 16.6. The van der Waals surface area contributed by atoms with E-state index in [1.54, 1.807) is 39.4 Å². The van der Waals surface area contributed by atoms with Crippen LogP contribution < -0.4 is 0 Å². The van der Waals surface area contributed by atoms with Gasteiger partial charge in [-0.15, -0.1) is 11.3 Å². The lowest BCUT2D eigenvalue weighted by Gasteiger charge is -2.36. The van der Waals surface area contributed by atoms with Crippen LogP contribution in [0.3, 0.4) is 0 Å². The van der Waals surface area contributed by atoms with Gasteiger partial charge in [-0.2, -0.15) is 0 Å². The van der Waals surface area contributed by atoms with Crippen LogP contribution in [0.1, 0.15) is 83.4 Å². The first-order valence-corrected chi connectivity index (χ1v) is 14.5.